The molecule has 0 aromatic heterocycles. The van der Waals surface area contributed by atoms with Crippen LogP contribution >= 0.6 is 0 Å². The van der Waals surface area contributed by atoms with Crippen LogP contribution in [0.15, 0.2) is 0 Å². The minimum Gasteiger partial charge on any atom is -0.330 e. The van der Waals surface area contributed by atoms with E-state index in [2.05, 4.69) is 13.8 Å². The molecule has 0 aliphatic carbocycles. The molecule has 0 aromatic carbocycles. The third kappa shape index (κ3) is 10.0. The lowest BCUT2D eigenvalue weighted by Crippen LogP contribution is -2.02. The Hall–Kier alpha value is -0.0400. The third-order valence-electron chi connectivity index (χ3n) is 2.95. The Bertz CT molecular complexity index is 101. The van der Waals surface area contributed by atoms with Crippen LogP contribution in [0.4, 0.5) is 0 Å². The Morgan fingerprint density at radius 3 is 2.07 bits per heavy atom. The van der Waals surface area contributed by atoms with Gasteiger partial charge in [-0.1, -0.05) is 58.8 Å². The van der Waals surface area contributed by atoms with E-state index in [9.17, 15) is 0 Å². The zero-order valence-corrected chi connectivity index (χ0v) is 10.2. The summed E-state index contributed by atoms with van der Waals surface area (Å²) in [7, 11) is 0. The van der Waals surface area contributed by atoms with Crippen molar-refractivity contribution in [1.29, 1.82) is 0 Å². The van der Waals surface area contributed by atoms with Crippen LogP contribution in [0.2, 0.25) is 0 Å². The smallest absolute Gasteiger partial charge is 0.00772 e. The van der Waals surface area contributed by atoms with E-state index >= 15 is 0 Å². The average Bonchev–Trinajstić information content (AvgIpc) is 2.20. The van der Waals surface area contributed by atoms with E-state index in [1.807, 2.05) is 0 Å². The van der Waals surface area contributed by atoms with E-state index in [4.69, 9.17) is 5.73 Å². The standard InChI is InChI=1S/C13H29N/c1-3-4-5-6-7-8-10-13(2)11-9-12-14/h13H,3-12,14H2,1-2H3. The molecule has 86 valence electrons. The van der Waals surface area contributed by atoms with E-state index in [0.29, 0.717) is 0 Å². The van der Waals surface area contributed by atoms with Crippen molar-refractivity contribution in [3.63, 3.8) is 0 Å². The topological polar surface area (TPSA) is 26.0 Å². The van der Waals surface area contributed by atoms with E-state index in [-0.39, 0.29) is 0 Å². The first kappa shape index (κ1) is 14.0. The fourth-order valence-corrected chi connectivity index (χ4v) is 1.88. The van der Waals surface area contributed by atoms with Gasteiger partial charge in [-0.3, -0.25) is 0 Å². The van der Waals surface area contributed by atoms with Gasteiger partial charge in [-0.25, -0.2) is 0 Å². The van der Waals surface area contributed by atoms with E-state index < -0.39 is 0 Å². The second kappa shape index (κ2) is 11.0. The molecule has 0 heterocycles. The molecule has 0 fully saturated rings. The fourth-order valence-electron chi connectivity index (χ4n) is 1.88. The third-order valence-corrected chi connectivity index (χ3v) is 2.95. The van der Waals surface area contributed by atoms with Gasteiger partial charge >= 0.3 is 0 Å². The Morgan fingerprint density at radius 1 is 0.857 bits per heavy atom. The second-order valence-electron chi connectivity index (χ2n) is 4.59. The van der Waals surface area contributed by atoms with Gasteiger partial charge in [0.2, 0.25) is 0 Å². The Kier molecular flexibility index (Phi) is 11.0. The summed E-state index contributed by atoms with van der Waals surface area (Å²) in [4.78, 5) is 0. The second-order valence-corrected chi connectivity index (χ2v) is 4.59. The van der Waals surface area contributed by atoms with Crippen LogP contribution in [0.25, 0.3) is 0 Å². The molecular formula is C13H29N. The minimum absolute atomic E-state index is 0.862. The van der Waals surface area contributed by atoms with Crippen molar-refractivity contribution in [1.82, 2.24) is 0 Å². The fraction of sp³-hybridized carbons (Fsp3) is 1.00. The van der Waals surface area contributed by atoms with Crippen molar-refractivity contribution in [2.75, 3.05) is 6.54 Å². The molecule has 1 nitrogen and oxygen atoms in total. The quantitative estimate of drug-likeness (QED) is 0.526. The molecule has 1 atom stereocenters. The first-order valence-corrected chi connectivity index (χ1v) is 6.51. The number of nitrogens with two attached hydrogens (primary N) is 1. The van der Waals surface area contributed by atoms with Crippen molar-refractivity contribution in [3.05, 3.63) is 0 Å². The van der Waals surface area contributed by atoms with Crippen LogP contribution in [0.3, 0.4) is 0 Å². The average molecular weight is 199 g/mol. The lowest BCUT2D eigenvalue weighted by molar-refractivity contribution is 0.446. The number of hydrogen-bond acceptors (Lipinski definition) is 1. The van der Waals surface area contributed by atoms with Gasteiger partial charge in [0, 0.05) is 0 Å². The Balaban J connectivity index is 3.02. The molecular weight excluding hydrogens is 170 g/mol. The van der Waals surface area contributed by atoms with Gasteiger partial charge in [0.15, 0.2) is 0 Å². The lowest BCUT2D eigenvalue weighted by atomic mass is 9.97. The summed E-state index contributed by atoms with van der Waals surface area (Å²) in [5, 5.41) is 0. The first-order valence-electron chi connectivity index (χ1n) is 6.51. The van der Waals surface area contributed by atoms with Gasteiger partial charge in [-0.2, -0.15) is 0 Å². The monoisotopic (exact) mass is 199 g/mol. The maximum atomic E-state index is 5.49. The molecule has 0 bridgehead atoms. The largest absolute Gasteiger partial charge is 0.330 e. The summed E-state index contributed by atoms with van der Waals surface area (Å²) in [5.41, 5.74) is 5.49. The summed E-state index contributed by atoms with van der Waals surface area (Å²) in [6, 6.07) is 0. The molecule has 14 heavy (non-hydrogen) atoms. The minimum atomic E-state index is 0.862. The van der Waals surface area contributed by atoms with Crippen LogP contribution in [0.5, 0.6) is 0 Å². The van der Waals surface area contributed by atoms with Crippen molar-refractivity contribution in [3.8, 4) is 0 Å². The molecule has 1 unspecified atom stereocenters. The zero-order valence-electron chi connectivity index (χ0n) is 10.2. The highest BCUT2D eigenvalue weighted by molar-refractivity contribution is 4.54. The Morgan fingerprint density at radius 2 is 1.43 bits per heavy atom. The molecule has 0 saturated heterocycles. The van der Waals surface area contributed by atoms with Crippen molar-refractivity contribution in [2.24, 2.45) is 11.7 Å². The lowest BCUT2D eigenvalue weighted by Gasteiger charge is -2.09. The molecule has 0 aromatic rings. The summed E-state index contributed by atoms with van der Waals surface area (Å²) in [6.45, 7) is 5.50. The van der Waals surface area contributed by atoms with Gasteiger partial charge in [0.25, 0.3) is 0 Å². The van der Waals surface area contributed by atoms with Crippen LogP contribution < -0.4 is 5.73 Å². The van der Waals surface area contributed by atoms with Crippen molar-refractivity contribution in [2.45, 2.75) is 71.6 Å². The molecule has 0 radical (unpaired) electrons. The summed E-state index contributed by atoms with van der Waals surface area (Å²) >= 11 is 0. The molecule has 0 rings (SSSR count). The highest BCUT2D eigenvalue weighted by Crippen LogP contribution is 2.15. The summed E-state index contributed by atoms with van der Waals surface area (Å²) < 4.78 is 0. The van der Waals surface area contributed by atoms with E-state index in [1.165, 1.54) is 57.8 Å². The summed E-state index contributed by atoms with van der Waals surface area (Å²) in [5.74, 6) is 0.893. The van der Waals surface area contributed by atoms with Gasteiger partial charge < -0.3 is 5.73 Å². The molecule has 0 saturated carbocycles. The highest BCUT2D eigenvalue weighted by atomic mass is 14.5. The molecule has 0 aliphatic rings. The Labute approximate surface area is 90.5 Å². The van der Waals surface area contributed by atoms with Crippen molar-refractivity contribution < 1.29 is 0 Å². The predicted octanol–water partition coefficient (Wildman–Crippen LogP) is 4.11. The number of hydrogen-bond donors (Lipinski definition) is 1. The predicted molar refractivity (Wildman–Crippen MR) is 65.4 cm³/mol. The number of unbranched alkanes of at least 4 members (excludes halogenated alkanes) is 5. The maximum absolute atomic E-state index is 5.49. The molecule has 0 spiro atoms. The van der Waals surface area contributed by atoms with Crippen molar-refractivity contribution >= 4 is 0 Å². The summed E-state index contributed by atoms with van der Waals surface area (Å²) in [6.07, 6.45) is 12.5. The molecule has 1 heteroatoms. The normalized spacial score (nSPS) is 13.1. The van der Waals surface area contributed by atoms with Gasteiger partial charge in [-0.15, -0.1) is 0 Å². The van der Waals surface area contributed by atoms with Crippen LogP contribution in [-0.4, -0.2) is 6.54 Å². The molecule has 2 N–H and O–H groups in total. The maximum Gasteiger partial charge on any atom is -0.00772 e. The number of rotatable bonds is 10. The zero-order chi connectivity index (χ0) is 10.6. The highest BCUT2D eigenvalue weighted by Gasteiger charge is 2.00. The molecule has 0 aliphatic heterocycles. The van der Waals surface area contributed by atoms with E-state index in [0.717, 1.165) is 12.5 Å². The van der Waals surface area contributed by atoms with Crippen LogP contribution in [0.1, 0.15) is 71.6 Å². The van der Waals surface area contributed by atoms with Gasteiger partial charge in [-0.05, 0) is 25.3 Å². The van der Waals surface area contributed by atoms with Crippen LogP contribution in [-0.2, 0) is 0 Å². The van der Waals surface area contributed by atoms with Gasteiger partial charge in [0.1, 0.15) is 0 Å². The van der Waals surface area contributed by atoms with Gasteiger partial charge in [0.05, 0.1) is 0 Å². The van der Waals surface area contributed by atoms with Crippen LogP contribution in [0, 0.1) is 5.92 Å². The first-order chi connectivity index (χ1) is 6.81. The van der Waals surface area contributed by atoms with E-state index in [1.54, 1.807) is 0 Å². The SMILES string of the molecule is CCCCCCCCC(C)CCCN. The molecule has 0 amide bonds.